The van der Waals surface area contributed by atoms with Gasteiger partial charge in [0, 0.05) is 14.1 Å². The predicted molar refractivity (Wildman–Crippen MR) is 54.0 cm³/mol. The maximum atomic E-state index is 12.1. The first-order valence-corrected chi connectivity index (χ1v) is 5.30. The van der Waals surface area contributed by atoms with Crippen molar-refractivity contribution in [1.29, 1.82) is 0 Å². The van der Waals surface area contributed by atoms with Gasteiger partial charge in [0.05, 0.1) is 7.11 Å². The maximum absolute atomic E-state index is 12.1. The second kappa shape index (κ2) is 2.97. The summed E-state index contributed by atoms with van der Waals surface area (Å²) in [6.45, 7) is 0. The highest BCUT2D eigenvalue weighted by molar-refractivity contribution is 6.07. The summed E-state index contributed by atoms with van der Waals surface area (Å²) in [5.41, 5.74) is -0.898. The highest BCUT2D eigenvalue weighted by atomic mass is 16.5. The zero-order valence-electron chi connectivity index (χ0n) is 9.50. The standard InChI is InChI=1S/C11H17NO3/c1-12(2)8(13)11(9(14)15-3)7-10(11)5-4-6-10/h4-7H2,1-3H3. The van der Waals surface area contributed by atoms with E-state index < -0.39 is 5.41 Å². The van der Waals surface area contributed by atoms with Gasteiger partial charge in [-0.05, 0) is 24.7 Å². The second-order valence-corrected chi connectivity index (χ2v) is 4.91. The van der Waals surface area contributed by atoms with Crippen LogP contribution < -0.4 is 0 Å². The number of esters is 1. The van der Waals surface area contributed by atoms with Crippen LogP contribution in [0.4, 0.5) is 0 Å². The maximum Gasteiger partial charge on any atom is 0.321 e. The Hall–Kier alpha value is -1.06. The summed E-state index contributed by atoms with van der Waals surface area (Å²) in [5.74, 6) is -0.435. The molecule has 0 heterocycles. The van der Waals surface area contributed by atoms with Gasteiger partial charge in [0.25, 0.3) is 0 Å². The van der Waals surface area contributed by atoms with E-state index in [0.29, 0.717) is 6.42 Å². The van der Waals surface area contributed by atoms with Crippen LogP contribution in [0.3, 0.4) is 0 Å². The second-order valence-electron chi connectivity index (χ2n) is 4.91. The van der Waals surface area contributed by atoms with Crippen molar-refractivity contribution in [2.24, 2.45) is 10.8 Å². The Bertz CT molecular complexity index is 320. The van der Waals surface area contributed by atoms with Crippen molar-refractivity contribution >= 4 is 11.9 Å². The molecular formula is C11H17NO3. The Labute approximate surface area is 89.6 Å². The van der Waals surface area contributed by atoms with E-state index in [1.165, 1.54) is 12.0 Å². The number of hydrogen-bond donors (Lipinski definition) is 0. The lowest BCUT2D eigenvalue weighted by Crippen LogP contribution is -2.42. The molecule has 1 amide bonds. The van der Waals surface area contributed by atoms with Gasteiger partial charge >= 0.3 is 5.97 Å². The minimum Gasteiger partial charge on any atom is -0.468 e. The molecule has 15 heavy (non-hydrogen) atoms. The molecule has 0 saturated heterocycles. The zero-order chi connectivity index (χ0) is 11.3. The Morgan fingerprint density at radius 3 is 2.13 bits per heavy atom. The molecule has 4 nitrogen and oxygen atoms in total. The van der Waals surface area contributed by atoms with Crippen LogP contribution in [-0.4, -0.2) is 38.0 Å². The van der Waals surface area contributed by atoms with Crippen LogP contribution in [0.15, 0.2) is 0 Å². The van der Waals surface area contributed by atoms with Gasteiger partial charge in [-0.15, -0.1) is 0 Å². The molecule has 2 aliphatic carbocycles. The number of nitrogens with zero attached hydrogens (tertiary/aromatic N) is 1. The third kappa shape index (κ3) is 1.08. The van der Waals surface area contributed by atoms with Crippen LogP contribution in [-0.2, 0) is 14.3 Å². The number of methoxy groups -OCH3 is 1. The molecular weight excluding hydrogens is 194 g/mol. The van der Waals surface area contributed by atoms with E-state index in [1.807, 2.05) is 0 Å². The first kappa shape index (κ1) is 10.5. The number of amides is 1. The van der Waals surface area contributed by atoms with Crippen molar-refractivity contribution in [3.05, 3.63) is 0 Å². The summed E-state index contributed by atoms with van der Waals surface area (Å²) in [5, 5.41) is 0. The number of ether oxygens (including phenoxy) is 1. The molecule has 2 aliphatic rings. The summed E-state index contributed by atoms with van der Waals surface area (Å²) in [6, 6.07) is 0. The Morgan fingerprint density at radius 1 is 1.27 bits per heavy atom. The fourth-order valence-corrected chi connectivity index (χ4v) is 2.90. The lowest BCUT2D eigenvalue weighted by atomic mass is 9.74. The molecule has 1 unspecified atom stereocenters. The molecule has 0 aromatic carbocycles. The van der Waals surface area contributed by atoms with E-state index in [2.05, 4.69) is 0 Å². The topological polar surface area (TPSA) is 46.6 Å². The fourth-order valence-electron chi connectivity index (χ4n) is 2.90. The van der Waals surface area contributed by atoms with Crippen LogP contribution in [0.2, 0.25) is 0 Å². The smallest absolute Gasteiger partial charge is 0.321 e. The highest BCUT2D eigenvalue weighted by Gasteiger charge is 2.78. The van der Waals surface area contributed by atoms with E-state index in [0.717, 1.165) is 19.3 Å². The van der Waals surface area contributed by atoms with Crippen LogP contribution in [0.5, 0.6) is 0 Å². The summed E-state index contributed by atoms with van der Waals surface area (Å²) >= 11 is 0. The third-order valence-corrected chi connectivity index (χ3v) is 4.00. The Morgan fingerprint density at radius 2 is 1.87 bits per heavy atom. The average Bonchev–Trinajstić information content (AvgIpc) is 2.86. The lowest BCUT2D eigenvalue weighted by Gasteiger charge is -2.31. The van der Waals surface area contributed by atoms with Crippen LogP contribution >= 0.6 is 0 Å². The molecule has 0 radical (unpaired) electrons. The third-order valence-electron chi connectivity index (χ3n) is 4.00. The average molecular weight is 211 g/mol. The summed E-state index contributed by atoms with van der Waals surface area (Å²) in [6.07, 6.45) is 3.78. The summed E-state index contributed by atoms with van der Waals surface area (Å²) < 4.78 is 4.79. The molecule has 4 heteroatoms. The minimum atomic E-state index is -0.844. The molecule has 2 saturated carbocycles. The quantitative estimate of drug-likeness (QED) is 0.501. The first-order valence-electron chi connectivity index (χ1n) is 5.30. The van der Waals surface area contributed by atoms with Crippen LogP contribution in [0.1, 0.15) is 25.7 Å². The molecule has 0 aromatic heterocycles. The van der Waals surface area contributed by atoms with Crippen LogP contribution in [0.25, 0.3) is 0 Å². The molecule has 1 spiro atoms. The van der Waals surface area contributed by atoms with Crippen molar-refractivity contribution in [3.63, 3.8) is 0 Å². The zero-order valence-corrected chi connectivity index (χ0v) is 9.50. The minimum absolute atomic E-state index is 0.0541. The molecule has 84 valence electrons. The van der Waals surface area contributed by atoms with E-state index in [-0.39, 0.29) is 17.3 Å². The van der Waals surface area contributed by atoms with Crippen molar-refractivity contribution in [2.45, 2.75) is 25.7 Å². The van der Waals surface area contributed by atoms with Crippen molar-refractivity contribution in [2.75, 3.05) is 21.2 Å². The van der Waals surface area contributed by atoms with Crippen molar-refractivity contribution in [1.82, 2.24) is 4.90 Å². The molecule has 0 bridgehead atoms. The molecule has 2 rings (SSSR count). The Balaban J connectivity index is 2.27. The van der Waals surface area contributed by atoms with Gasteiger partial charge in [0.15, 0.2) is 5.41 Å². The predicted octanol–water partition coefficient (Wildman–Crippen LogP) is 0.808. The lowest BCUT2D eigenvalue weighted by molar-refractivity contribution is -0.158. The molecule has 0 N–H and O–H groups in total. The summed E-state index contributed by atoms with van der Waals surface area (Å²) in [7, 11) is 4.74. The van der Waals surface area contributed by atoms with Gasteiger partial charge in [-0.1, -0.05) is 6.42 Å². The summed E-state index contributed by atoms with van der Waals surface area (Å²) in [4.78, 5) is 25.3. The Kier molecular flexibility index (Phi) is 2.07. The van der Waals surface area contributed by atoms with E-state index in [9.17, 15) is 9.59 Å². The monoisotopic (exact) mass is 211 g/mol. The van der Waals surface area contributed by atoms with E-state index >= 15 is 0 Å². The molecule has 2 fully saturated rings. The van der Waals surface area contributed by atoms with E-state index in [1.54, 1.807) is 14.1 Å². The SMILES string of the molecule is COC(=O)C1(C(=O)N(C)C)CC12CCC2. The van der Waals surface area contributed by atoms with Gasteiger partial charge in [0.1, 0.15) is 0 Å². The molecule has 1 atom stereocenters. The van der Waals surface area contributed by atoms with Gasteiger partial charge < -0.3 is 9.64 Å². The normalized spacial score (nSPS) is 30.6. The number of hydrogen-bond acceptors (Lipinski definition) is 3. The van der Waals surface area contributed by atoms with Gasteiger partial charge in [-0.2, -0.15) is 0 Å². The van der Waals surface area contributed by atoms with Crippen molar-refractivity contribution in [3.8, 4) is 0 Å². The highest BCUT2D eigenvalue weighted by Crippen LogP contribution is 2.74. The van der Waals surface area contributed by atoms with Gasteiger partial charge in [-0.25, -0.2) is 0 Å². The largest absolute Gasteiger partial charge is 0.468 e. The number of carbonyl (C=O) groups is 2. The number of rotatable bonds is 2. The van der Waals surface area contributed by atoms with E-state index in [4.69, 9.17) is 4.74 Å². The first-order chi connectivity index (χ1) is 7.00. The fraction of sp³-hybridized carbons (Fsp3) is 0.818. The molecule has 0 aliphatic heterocycles. The number of carbonyl (C=O) groups excluding carboxylic acids is 2. The van der Waals surface area contributed by atoms with Gasteiger partial charge in [0.2, 0.25) is 5.91 Å². The van der Waals surface area contributed by atoms with Crippen LogP contribution in [0, 0.1) is 10.8 Å². The van der Waals surface area contributed by atoms with Crippen molar-refractivity contribution < 1.29 is 14.3 Å². The molecule has 0 aromatic rings. The van der Waals surface area contributed by atoms with Gasteiger partial charge in [-0.3, -0.25) is 9.59 Å².